The van der Waals surface area contributed by atoms with E-state index >= 15 is 4.39 Å². The molecule has 10 nitrogen and oxygen atoms in total. The fourth-order valence-corrected chi connectivity index (χ4v) is 6.29. The van der Waals surface area contributed by atoms with Gasteiger partial charge in [0.2, 0.25) is 5.91 Å². The van der Waals surface area contributed by atoms with Crippen molar-refractivity contribution in [3.63, 3.8) is 0 Å². The third-order valence-corrected chi connectivity index (χ3v) is 8.38. The first-order chi connectivity index (χ1) is 19.4. The molecule has 1 saturated heterocycles. The Labute approximate surface area is 228 Å². The molecule has 1 aromatic carbocycles. The summed E-state index contributed by atoms with van der Waals surface area (Å²) >= 11 is 0. The number of nitrogens with zero attached hydrogens (tertiary/aromatic N) is 4. The van der Waals surface area contributed by atoms with Gasteiger partial charge in [-0.3, -0.25) is 24.1 Å². The number of halogens is 1. The minimum atomic E-state index is -0.587. The largest absolute Gasteiger partial charge is 0.341 e. The van der Waals surface area contributed by atoms with Crippen molar-refractivity contribution in [1.29, 1.82) is 0 Å². The summed E-state index contributed by atoms with van der Waals surface area (Å²) < 4.78 is 18.9. The van der Waals surface area contributed by atoms with E-state index in [1.54, 1.807) is 22.9 Å². The van der Waals surface area contributed by atoms with Crippen molar-refractivity contribution in [3.05, 3.63) is 71.6 Å². The van der Waals surface area contributed by atoms with Crippen molar-refractivity contribution < 1.29 is 18.8 Å². The highest BCUT2D eigenvalue weighted by Gasteiger charge is 2.36. The lowest BCUT2D eigenvalue weighted by molar-refractivity contribution is -0.135. The van der Waals surface area contributed by atoms with E-state index in [-0.39, 0.29) is 23.6 Å². The van der Waals surface area contributed by atoms with Gasteiger partial charge >= 0.3 is 0 Å². The molecule has 3 N–H and O–H groups in total. The number of piperidine rings is 1. The quantitative estimate of drug-likeness (QED) is 0.339. The minimum absolute atomic E-state index is 0.0396. The molecule has 40 heavy (non-hydrogen) atoms. The summed E-state index contributed by atoms with van der Waals surface area (Å²) in [6, 6.07) is 10.3. The van der Waals surface area contributed by atoms with Crippen LogP contribution in [-0.4, -0.2) is 68.8 Å². The van der Waals surface area contributed by atoms with Crippen LogP contribution in [0.1, 0.15) is 29.7 Å². The van der Waals surface area contributed by atoms with Gasteiger partial charge in [0, 0.05) is 49.9 Å². The molecule has 0 saturated carbocycles. The molecule has 7 rings (SSSR count). The zero-order valence-electron chi connectivity index (χ0n) is 21.9. The summed E-state index contributed by atoms with van der Waals surface area (Å²) in [4.78, 5) is 45.9. The number of imidazole rings is 1. The number of aromatic nitrogens is 3. The van der Waals surface area contributed by atoms with Gasteiger partial charge in [-0.15, -0.1) is 0 Å². The standard InChI is InChI=1S/C29H28FN7O3/c1-31-17-7-10-35(11-8-17)29(40)20-15-37-22(30)12-19-18(6-5-16(13-32-20)26(19)37)24-25(28(39)34-27(24)38)21-14-33-23-4-2-3-9-36(21)23/h2-6,9,12,14,17,20,31-32H,7-8,10-11,13,15H2,1H3,(H,34,38,39). The molecule has 1 unspecified atom stereocenters. The molecular formula is C29H28FN7O3. The molecule has 3 amide bonds. The molecule has 4 aromatic rings. The summed E-state index contributed by atoms with van der Waals surface area (Å²) in [6.07, 6.45) is 5.10. The molecule has 0 aliphatic carbocycles. The fraction of sp³-hybridized carbons (Fsp3) is 0.310. The predicted octanol–water partition coefficient (Wildman–Crippen LogP) is 1.68. The molecule has 204 valence electrons. The smallest absolute Gasteiger partial charge is 0.261 e. The molecule has 1 atom stereocenters. The van der Waals surface area contributed by atoms with E-state index < -0.39 is 23.8 Å². The molecule has 0 spiro atoms. The van der Waals surface area contributed by atoms with Crippen molar-refractivity contribution in [3.8, 4) is 0 Å². The van der Waals surface area contributed by atoms with Crippen LogP contribution in [0, 0.1) is 5.95 Å². The molecule has 3 aliphatic heterocycles. The number of imide groups is 1. The maximum absolute atomic E-state index is 15.6. The number of rotatable bonds is 4. The normalized spacial score (nSPS) is 20.1. The number of carbonyl (C=O) groups excluding carboxylic acids is 3. The van der Waals surface area contributed by atoms with Gasteiger partial charge < -0.3 is 20.1 Å². The summed E-state index contributed by atoms with van der Waals surface area (Å²) in [5.74, 6) is -1.61. The highest BCUT2D eigenvalue weighted by molar-refractivity contribution is 6.49. The number of amides is 3. The van der Waals surface area contributed by atoms with Crippen LogP contribution in [0.5, 0.6) is 0 Å². The van der Waals surface area contributed by atoms with Gasteiger partial charge in [0.05, 0.1) is 28.6 Å². The fourth-order valence-electron chi connectivity index (χ4n) is 6.29. The van der Waals surface area contributed by atoms with E-state index in [9.17, 15) is 14.4 Å². The van der Waals surface area contributed by atoms with E-state index in [1.807, 2.05) is 36.2 Å². The first-order valence-electron chi connectivity index (χ1n) is 13.5. The first-order valence-corrected chi connectivity index (χ1v) is 13.5. The highest BCUT2D eigenvalue weighted by atomic mass is 19.1. The topological polar surface area (TPSA) is 113 Å². The summed E-state index contributed by atoms with van der Waals surface area (Å²) in [7, 11) is 1.93. The Morgan fingerprint density at radius 3 is 2.70 bits per heavy atom. The molecule has 6 heterocycles. The van der Waals surface area contributed by atoms with Crippen LogP contribution >= 0.6 is 0 Å². The molecule has 11 heteroatoms. The molecular weight excluding hydrogens is 513 g/mol. The Hall–Kier alpha value is -4.35. The number of pyridine rings is 1. The van der Waals surface area contributed by atoms with Gasteiger partial charge in [0.15, 0.2) is 5.95 Å². The summed E-state index contributed by atoms with van der Waals surface area (Å²) in [5, 5.41) is 9.53. The van der Waals surface area contributed by atoms with Crippen LogP contribution in [0.2, 0.25) is 0 Å². The second kappa shape index (κ2) is 9.39. The van der Waals surface area contributed by atoms with E-state index in [1.165, 1.54) is 10.6 Å². The average molecular weight is 542 g/mol. The molecule has 1 fully saturated rings. The Kier molecular flexibility index (Phi) is 5.79. The number of fused-ring (bicyclic) bond motifs is 1. The predicted molar refractivity (Wildman–Crippen MR) is 146 cm³/mol. The maximum atomic E-state index is 15.6. The van der Waals surface area contributed by atoms with E-state index in [0.29, 0.717) is 53.5 Å². The number of carbonyl (C=O) groups is 3. The van der Waals surface area contributed by atoms with Crippen molar-refractivity contribution in [2.24, 2.45) is 0 Å². The third kappa shape index (κ3) is 3.76. The average Bonchev–Trinajstić information content (AvgIpc) is 3.57. The third-order valence-electron chi connectivity index (χ3n) is 8.38. The molecule has 3 aliphatic rings. The molecule has 0 radical (unpaired) electrons. The number of benzene rings is 1. The number of nitrogens with one attached hydrogen (secondary N) is 3. The lowest BCUT2D eigenvalue weighted by atomic mass is 9.95. The van der Waals surface area contributed by atoms with Gasteiger partial charge in [0.1, 0.15) is 11.7 Å². The van der Waals surface area contributed by atoms with Crippen LogP contribution in [0.15, 0.2) is 48.8 Å². The number of hydrogen-bond donors (Lipinski definition) is 3. The van der Waals surface area contributed by atoms with Gasteiger partial charge in [-0.25, -0.2) is 4.98 Å². The minimum Gasteiger partial charge on any atom is -0.341 e. The number of hydrogen-bond acceptors (Lipinski definition) is 6. The lowest BCUT2D eigenvalue weighted by Crippen LogP contribution is -2.52. The Balaban J connectivity index is 1.31. The van der Waals surface area contributed by atoms with Gasteiger partial charge in [-0.05, 0) is 43.1 Å². The van der Waals surface area contributed by atoms with Crippen molar-refractivity contribution >= 4 is 45.4 Å². The van der Waals surface area contributed by atoms with E-state index in [2.05, 4.69) is 20.9 Å². The van der Waals surface area contributed by atoms with Crippen molar-refractivity contribution in [2.75, 3.05) is 20.1 Å². The van der Waals surface area contributed by atoms with E-state index in [0.717, 1.165) is 18.4 Å². The van der Waals surface area contributed by atoms with Gasteiger partial charge in [-0.2, -0.15) is 4.39 Å². The Morgan fingerprint density at radius 1 is 1.10 bits per heavy atom. The van der Waals surface area contributed by atoms with Gasteiger partial charge in [-0.1, -0.05) is 18.2 Å². The zero-order chi connectivity index (χ0) is 27.5. The first kappa shape index (κ1) is 24.7. The van der Waals surface area contributed by atoms with Crippen LogP contribution in [0.3, 0.4) is 0 Å². The SMILES string of the molecule is CNC1CCN(C(=O)C2Cn3c(F)cc4c(C5=C(c6cnc7ccccn67)C(=O)NC5=O)ccc(c43)CN2)CC1. The highest BCUT2D eigenvalue weighted by Crippen LogP contribution is 2.38. The van der Waals surface area contributed by atoms with Crippen molar-refractivity contribution in [1.82, 2.24) is 34.8 Å². The van der Waals surface area contributed by atoms with Crippen LogP contribution in [-0.2, 0) is 27.5 Å². The van der Waals surface area contributed by atoms with Crippen LogP contribution < -0.4 is 16.0 Å². The monoisotopic (exact) mass is 541 g/mol. The second-order valence-electron chi connectivity index (χ2n) is 10.5. The van der Waals surface area contributed by atoms with Crippen molar-refractivity contribution in [2.45, 2.75) is 38.0 Å². The Morgan fingerprint density at radius 2 is 1.90 bits per heavy atom. The zero-order valence-corrected chi connectivity index (χ0v) is 21.9. The van der Waals surface area contributed by atoms with Crippen LogP contribution in [0.4, 0.5) is 4.39 Å². The molecule has 3 aromatic heterocycles. The van der Waals surface area contributed by atoms with Gasteiger partial charge in [0.25, 0.3) is 11.8 Å². The summed E-state index contributed by atoms with van der Waals surface area (Å²) in [5.41, 5.74) is 3.37. The summed E-state index contributed by atoms with van der Waals surface area (Å²) in [6.45, 7) is 1.81. The number of likely N-dealkylation sites (tertiary alicyclic amines) is 1. The van der Waals surface area contributed by atoms with Crippen LogP contribution in [0.25, 0.3) is 27.7 Å². The second-order valence-corrected chi connectivity index (χ2v) is 10.5. The lowest BCUT2D eigenvalue weighted by Gasteiger charge is -2.34. The molecule has 0 bridgehead atoms. The Bertz CT molecular complexity index is 1740. The van der Waals surface area contributed by atoms with E-state index in [4.69, 9.17) is 0 Å². The maximum Gasteiger partial charge on any atom is 0.261 e.